The SMILES string of the molecule is CN1CCC(CN)S1(=O)=O. The first-order chi connectivity index (χ1) is 4.59. The molecule has 0 aromatic heterocycles. The molecule has 1 rings (SSSR count). The van der Waals surface area contributed by atoms with Crippen LogP contribution >= 0.6 is 0 Å². The van der Waals surface area contributed by atoms with Gasteiger partial charge < -0.3 is 5.73 Å². The summed E-state index contributed by atoms with van der Waals surface area (Å²) >= 11 is 0. The Labute approximate surface area is 61.1 Å². The fourth-order valence-electron chi connectivity index (χ4n) is 1.10. The lowest BCUT2D eigenvalue weighted by Crippen LogP contribution is -2.30. The van der Waals surface area contributed by atoms with Crippen LogP contribution in [-0.2, 0) is 10.0 Å². The van der Waals surface area contributed by atoms with Gasteiger partial charge in [0.05, 0.1) is 5.25 Å². The summed E-state index contributed by atoms with van der Waals surface area (Å²) in [5.74, 6) is 0. The second kappa shape index (κ2) is 2.48. The lowest BCUT2D eigenvalue weighted by molar-refractivity contribution is 0.507. The predicted octanol–water partition coefficient (Wildman–Crippen LogP) is -1.02. The van der Waals surface area contributed by atoms with Crippen molar-refractivity contribution in [1.82, 2.24) is 4.31 Å². The molecule has 2 N–H and O–H groups in total. The van der Waals surface area contributed by atoms with Crippen molar-refractivity contribution in [3.63, 3.8) is 0 Å². The highest BCUT2D eigenvalue weighted by Gasteiger charge is 2.34. The summed E-state index contributed by atoms with van der Waals surface area (Å²) < 4.78 is 23.7. The van der Waals surface area contributed by atoms with Crippen LogP contribution in [0, 0.1) is 0 Å². The highest BCUT2D eigenvalue weighted by atomic mass is 32.2. The van der Waals surface area contributed by atoms with Crippen LogP contribution in [0.4, 0.5) is 0 Å². The van der Waals surface area contributed by atoms with Crippen LogP contribution in [-0.4, -0.2) is 38.1 Å². The van der Waals surface area contributed by atoms with Gasteiger partial charge in [0.25, 0.3) is 0 Å². The molecule has 0 aromatic rings. The molecular formula is C5H12N2O2S. The first-order valence-electron chi connectivity index (χ1n) is 3.24. The van der Waals surface area contributed by atoms with Gasteiger partial charge in [-0.05, 0) is 6.42 Å². The molecule has 1 saturated heterocycles. The van der Waals surface area contributed by atoms with E-state index in [0.717, 1.165) is 0 Å². The van der Waals surface area contributed by atoms with Crippen molar-refractivity contribution in [2.24, 2.45) is 5.73 Å². The molecule has 1 fully saturated rings. The first-order valence-corrected chi connectivity index (χ1v) is 4.74. The number of nitrogens with two attached hydrogens (primary N) is 1. The highest BCUT2D eigenvalue weighted by molar-refractivity contribution is 7.90. The summed E-state index contributed by atoms with van der Waals surface area (Å²) in [5, 5.41) is -0.336. The average Bonchev–Trinajstić information content (AvgIpc) is 2.10. The number of hydrogen-bond acceptors (Lipinski definition) is 3. The van der Waals surface area contributed by atoms with Gasteiger partial charge in [0.1, 0.15) is 0 Å². The Morgan fingerprint density at radius 2 is 2.30 bits per heavy atom. The van der Waals surface area contributed by atoms with E-state index >= 15 is 0 Å². The zero-order valence-corrected chi connectivity index (χ0v) is 6.76. The van der Waals surface area contributed by atoms with Gasteiger partial charge in [0, 0.05) is 20.1 Å². The minimum atomic E-state index is -3.01. The molecule has 0 aliphatic carbocycles. The third-order valence-corrected chi connectivity index (χ3v) is 4.21. The summed E-state index contributed by atoms with van der Waals surface area (Å²) in [6.07, 6.45) is 0.676. The quantitative estimate of drug-likeness (QED) is 0.539. The lowest BCUT2D eigenvalue weighted by Gasteiger charge is -2.08. The van der Waals surface area contributed by atoms with E-state index in [9.17, 15) is 8.42 Å². The molecule has 1 heterocycles. The minimum Gasteiger partial charge on any atom is -0.329 e. The third-order valence-electron chi connectivity index (χ3n) is 1.88. The summed E-state index contributed by atoms with van der Waals surface area (Å²) in [4.78, 5) is 0. The van der Waals surface area contributed by atoms with Crippen molar-refractivity contribution >= 4 is 10.0 Å². The zero-order chi connectivity index (χ0) is 7.78. The van der Waals surface area contributed by atoms with Crippen molar-refractivity contribution in [3.05, 3.63) is 0 Å². The molecule has 1 unspecified atom stereocenters. The van der Waals surface area contributed by atoms with E-state index in [1.807, 2.05) is 0 Å². The molecular weight excluding hydrogens is 152 g/mol. The van der Waals surface area contributed by atoms with Gasteiger partial charge in [-0.25, -0.2) is 12.7 Å². The standard InChI is InChI=1S/C5H12N2O2S/c1-7-3-2-5(4-6)10(7,8)9/h5H,2-4,6H2,1H3. The Morgan fingerprint density at radius 3 is 2.50 bits per heavy atom. The highest BCUT2D eigenvalue weighted by Crippen LogP contribution is 2.17. The van der Waals surface area contributed by atoms with Crippen LogP contribution in [0.15, 0.2) is 0 Å². The average molecular weight is 164 g/mol. The van der Waals surface area contributed by atoms with E-state index in [0.29, 0.717) is 13.0 Å². The monoisotopic (exact) mass is 164 g/mol. The summed E-state index contributed by atoms with van der Waals surface area (Å²) in [6.45, 7) is 0.858. The van der Waals surface area contributed by atoms with Gasteiger partial charge in [0.2, 0.25) is 10.0 Å². The first kappa shape index (κ1) is 7.97. The molecule has 1 aliphatic rings. The Hall–Kier alpha value is -0.130. The summed E-state index contributed by atoms with van der Waals surface area (Å²) in [5.41, 5.74) is 5.27. The van der Waals surface area contributed by atoms with Gasteiger partial charge in [-0.15, -0.1) is 0 Å². The molecule has 0 amide bonds. The Morgan fingerprint density at radius 1 is 1.70 bits per heavy atom. The smallest absolute Gasteiger partial charge is 0.218 e. The zero-order valence-electron chi connectivity index (χ0n) is 5.95. The van der Waals surface area contributed by atoms with E-state index in [4.69, 9.17) is 5.73 Å². The largest absolute Gasteiger partial charge is 0.329 e. The van der Waals surface area contributed by atoms with E-state index in [1.165, 1.54) is 4.31 Å². The maximum absolute atomic E-state index is 11.2. The van der Waals surface area contributed by atoms with Gasteiger partial charge in [-0.1, -0.05) is 0 Å². The van der Waals surface area contributed by atoms with E-state index < -0.39 is 10.0 Å². The molecule has 1 aliphatic heterocycles. The topological polar surface area (TPSA) is 63.4 Å². The van der Waals surface area contributed by atoms with E-state index in [2.05, 4.69) is 0 Å². The molecule has 60 valence electrons. The molecule has 0 aromatic carbocycles. The fraction of sp³-hybridized carbons (Fsp3) is 1.00. The molecule has 5 heteroatoms. The molecule has 1 atom stereocenters. The molecule has 0 radical (unpaired) electrons. The molecule has 10 heavy (non-hydrogen) atoms. The second-order valence-corrected chi connectivity index (χ2v) is 4.83. The Bertz CT molecular complexity index is 212. The van der Waals surface area contributed by atoms with Crippen LogP contribution in [0.3, 0.4) is 0 Å². The Kier molecular flexibility index (Phi) is 1.98. The number of sulfonamides is 1. The number of nitrogens with zero attached hydrogens (tertiary/aromatic N) is 1. The van der Waals surface area contributed by atoms with Gasteiger partial charge in [-0.2, -0.15) is 0 Å². The summed E-state index contributed by atoms with van der Waals surface area (Å²) in [6, 6.07) is 0. The molecule has 0 saturated carbocycles. The van der Waals surface area contributed by atoms with Gasteiger partial charge in [0.15, 0.2) is 0 Å². The van der Waals surface area contributed by atoms with E-state index in [1.54, 1.807) is 7.05 Å². The van der Waals surface area contributed by atoms with Crippen molar-refractivity contribution in [2.75, 3.05) is 20.1 Å². The van der Waals surface area contributed by atoms with Crippen LogP contribution < -0.4 is 5.73 Å². The fourth-order valence-corrected chi connectivity index (χ4v) is 2.61. The normalized spacial score (nSPS) is 32.8. The Balaban J connectivity index is 2.85. The van der Waals surface area contributed by atoms with Crippen molar-refractivity contribution < 1.29 is 8.42 Å². The van der Waals surface area contributed by atoms with Crippen molar-refractivity contribution in [1.29, 1.82) is 0 Å². The maximum Gasteiger partial charge on any atom is 0.218 e. The summed E-state index contributed by atoms with van der Waals surface area (Å²) in [7, 11) is -1.42. The van der Waals surface area contributed by atoms with Crippen LogP contribution in [0.5, 0.6) is 0 Å². The second-order valence-electron chi connectivity index (χ2n) is 2.51. The van der Waals surface area contributed by atoms with Crippen LogP contribution in [0.2, 0.25) is 0 Å². The molecule has 4 nitrogen and oxygen atoms in total. The molecule has 0 bridgehead atoms. The van der Waals surface area contributed by atoms with Crippen molar-refractivity contribution in [2.45, 2.75) is 11.7 Å². The number of hydrogen-bond donors (Lipinski definition) is 1. The third kappa shape index (κ3) is 1.04. The number of rotatable bonds is 1. The predicted molar refractivity (Wildman–Crippen MR) is 39.0 cm³/mol. The van der Waals surface area contributed by atoms with Gasteiger partial charge >= 0.3 is 0 Å². The van der Waals surface area contributed by atoms with Gasteiger partial charge in [-0.3, -0.25) is 0 Å². The van der Waals surface area contributed by atoms with Crippen LogP contribution in [0.1, 0.15) is 6.42 Å². The lowest BCUT2D eigenvalue weighted by atomic mass is 10.3. The van der Waals surface area contributed by atoms with Crippen LogP contribution in [0.25, 0.3) is 0 Å². The minimum absolute atomic E-state index is 0.243. The molecule has 0 spiro atoms. The van der Waals surface area contributed by atoms with E-state index in [-0.39, 0.29) is 11.8 Å². The van der Waals surface area contributed by atoms with Crippen molar-refractivity contribution in [3.8, 4) is 0 Å². The maximum atomic E-state index is 11.2.